The van der Waals surface area contributed by atoms with E-state index in [0.29, 0.717) is 18.6 Å². The minimum Gasteiger partial charge on any atom is -0.496 e. The Hall–Kier alpha value is -2.10. The molecule has 1 aromatic rings. The summed E-state index contributed by atoms with van der Waals surface area (Å²) in [4.78, 5) is 23.9. The number of para-hydroxylation sites is 1. The van der Waals surface area contributed by atoms with Crippen LogP contribution >= 0.6 is 0 Å². The SMILES string of the molecule is C=CCCC(=O)C(Cc1ccccc1OC)C(=O)OC. The Balaban J connectivity index is 2.91. The van der Waals surface area contributed by atoms with Crippen molar-refractivity contribution in [2.24, 2.45) is 5.92 Å². The summed E-state index contributed by atoms with van der Waals surface area (Å²) in [6.45, 7) is 3.58. The number of rotatable bonds is 8. The third-order valence-corrected chi connectivity index (χ3v) is 3.09. The van der Waals surface area contributed by atoms with Gasteiger partial charge < -0.3 is 9.47 Å². The zero-order chi connectivity index (χ0) is 15.0. The topological polar surface area (TPSA) is 52.6 Å². The molecule has 0 saturated heterocycles. The fourth-order valence-electron chi connectivity index (χ4n) is 1.98. The maximum Gasteiger partial charge on any atom is 0.316 e. The van der Waals surface area contributed by atoms with Crippen molar-refractivity contribution in [1.82, 2.24) is 0 Å². The molecule has 0 saturated carbocycles. The van der Waals surface area contributed by atoms with Crippen molar-refractivity contribution in [2.45, 2.75) is 19.3 Å². The van der Waals surface area contributed by atoms with E-state index in [2.05, 4.69) is 6.58 Å². The first-order valence-corrected chi connectivity index (χ1v) is 6.47. The molecule has 4 nitrogen and oxygen atoms in total. The van der Waals surface area contributed by atoms with Crippen LogP contribution < -0.4 is 4.74 Å². The van der Waals surface area contributed by atoms with Gasteiger partial charge >= 0.3 is 5.97 Å². The van der Waals surface area contributed by atoms with Crippen LogP contribution in [0.15, 0.2) is 36.9 Å². The first kappa shape index (κ1) is 16.0. The van der Waals surface area contributed by atoms with Gasteiger partial charge in [-0.3, -0.25) is 9.59 Å². The number of allylic oxidation sites excluding steroid dienone is 1. The Morgan fingerprint density at radius 3 is 2.60 bits per heavy atom. The average molecular weight is 276 g/mol. The number of carbonyl (C=O) groups is 2. The minimum absolute atomic E-state index is 0.136. The van der Waals surface area contributed by atoms with Crippen LogP contribution in [-0.4, -0.2) is 26.0 Å². The molecule has 1 aromatic carbocycles. The van der Waals surface area contributed by atoms with Crippen LogP contribution in [0.1, 0.15) is 18.4 Å². The summed E-state index contributed by atoms with van der Waals surface area (Å²) in [5, 5.41) is 0. The van der Waals surface area contributed by atoms with Crippen LogP contribution in [0, 0.1) is 5.92 Å². The Morgan fingerprint density at radius 2 is 2.00 bits per heavy atom. The summed E-state index contributed by atoms with van der Waals surface area (Å²) in [6.07, 6.45) is 2.79. The lowest BCUT2D eigenvalue weighted by Crippen LogP contribution is -2.27. The van der Waals surface area contributed by atoms with Crippen molar-refractivity contribution in [1.29, 1.82) is 0 Å². The van der Waals surface area contributed by atoms with Crippen LogP contribution in [0.4, 0.5) is 0 Å². The van der Waals surface area contributed by atoms with Crippen LogP contribution in [0.2, 0.25) is 0 Å². The van der Waals surface area contributed by atoms with Crippen LogP contribution in [0.25, 0.3) is 0 Å². The zero-order valence-electron chi connectivity index (χ0n) is 11.9. The molecule has 0 spiro atoms. The van der Waals surface area contributed by atoms with Gasteiger partial charge in [-0.1, -0.05) is 24.3 Å². The van der Waals surface area contributed by atoms with Gasteiger partial charge in [0.15, 0.2) is 0 Å². The molecule has 0 aromatic heterocycles. The lowest BCUT2D eigenvalue weighted by atomic mass is 9.92. The third kappa shape index (κ3) is 4.23. The Morgan fingerprint density at radius 1 is 1.30 bits per heavy atom. The number of benzene rings is 1. The second-order valence-corrected chi connectivity index (χ2v) is 4.39. The lowest BCUT2D eigenvalue weighted by molar-refractivity contribution is -0.149. The highest BCUT2D eigenvalue weighted by atomic mass is 16.5. The van der Waals surface area contributed by atoms with Crippen molar-refractivity contribution >= 4 is 11.8 Å². The molecule has 0 radical (unpaired) electrons. The van der Waals surface area contributed by atoms with Gasteiger partial charge in [0.2, 0.25) is 0 Å². The molecule has 0 aliphatic heterocycles. The van der Waals surface area contributed by atoms with E-state index in [1.165, 1.54) is 7.11 Å². The number of methoxy groups -OCH3 is 2. The van der Waals surface area contributed by atoms with Crippen LogP contribution in [0.3, 0.4) is 0 Å². The van der Waals surface area contributed by atoms with Gasteiger partial charge in [-0.25, -0.2) is 0 Å². The predicted octanol–water partition coefficient (Wildman–Crippen LogP) is 2.56. The molecular weight excluding hydrogens is 256 g/mol. The van der Waals surface area contributed by atoms with Gasteiger partial charge in [-0.15, -0.1) is 6.58 Å². The summed E-state index contributed by atoms with van der Waals surface area (Å²) in [7, 11) is 2.85. The molecule has 4 heteroatoms. The number of Topliss-reactive ketones (excluding diaryl/α,β-unsaturated/α-hetero) is 1. The van der Waals surface area contributed by atoms with E-state index in [0.717, 1.165) is 5.56 Å². The number of hydrogen-bond acceptors (Lipinski definition) is 4. The first-order chi connectivity index (χ1) is 9.63. The molecule has 0 bridgehead atoms. The fraction of sp³-hybridized carbons (Fsp3) is 0.375. The second kappa shape index (κ2) is 8.15. The van der Waals surface area contributed by atoms with E-state index < -0.39 is 11.9 Å². The average Bonchev–Trinajstić information content (AvgIpc) is 2.49. The minimum atomic E-state index is -0.795. The monoisotopic (exact) mass is 276 g/mol. The molecule has 1 atom stereocenters. The van der Waals surface area contributed by atoms with E-state index in [1.807, 2.05) is 18.2 Å². The molecule has 0 amide bonds. The van der Waals surface area contributed by atoms with Gasteiger partial charge in [0.25, 0.3) is 0 Å². The number of esters is 1. The highest BCUT2D eigenvalue weighted by Crippen LogP contribution is 2.22. The lowest BCUT2D eigenvalue weighted by Gasteiger charge is -2.15. The Labute approximate surface area is 119 Å². The second-order valence-electron chi connectivity index (χ2n) is 4.39. The summed E-state index contributed by atoms with van der Waals surface area (Å²) >= 11 is 0. The van der Waals surface area contributed by atoms with E-state index in [1.54, 1.807) is 19.3 Å². The predicted molar refractivity (Wildman–Crippen MR) is 76.6 cm³/mol. The van der Waals surface area contributed by atoms with E-state index in [-0.39, 0.29) is 12.2 Å². The Bertz CT molecular complexity index is 479. The van der Waals surface area contributed by atoms with Crippen molar-refractivity contribution in [3.8, 4) is 5.75 Å². The van der Waals surface area contributed by atoms with Crippen LogP contribution in [0.5, 0.6) is 5.75 Å². The van der Waals surface area contributed by atoms with Crippen LogP contribution in [-0.2, 0) is 20.7 Å². The summed E-state index contributed by atoms with van der Waals surface area (Å²) in [6, 6.07) is 7.34. The van der Waals surface area contributed by atoms with E-state index in [9.17, 15) is 9.59 Å². The van der Waals surface area contributed by atoms with Gasteiger partial charge in [0.1, 0.15) is 17.5 Å². The molecule has 0 N–H and O–H groups in total. The van der Waals surface area contributed by atoms with Gasteiger partial charge in [0, 0.05) is 6.42 Å². The standard InChI is InChI=1S/C16H20O4/c1-4-5-9-14(17)13(16(18)20-3)11-12-8-6-7-10-15(12)19-2/h4,6-8,10,13H,1,5,9,11H2,2-3H3. The van der Waals surface area contributed by atoms with Gasteiger partial charge in [0.05, 0.1) is 14.2 Å². The smallest absolute Gasteiger partial charge is 0.316 e. The van der Waals surface area contributed by atoms with Crippen molar-refractivity contribution in [3.05, 3.63) is 42.5 Å². The van der Waals surface area contributed by atoms with Crippen molar-refractivity contribution in [2.75, 3.05) is 14.2 Å². The largest absolute Gasteiger partial charge is 0.496 e. The van der Waals surface area contributed by atoms with Crippen molar-refractivity contribution < 1.29 is 19.1 Å². The van der Waals surface area contributed by atoms with Gasteiger partial charge in [-0.05, 0) is 24.5 Å². The number of carbonyl (C=O) groups excluding carboxylic acids is 2. The molecular formula is C16H20O4. The molecule has 0 aliphatic rings. The van der Waals surface area contributed by atoms with E-state index in [4.69, 9.17) is 9.47 Å². The highest BCUT2D eigenvalue weighted by Gasteiger charge is 2.27. The summed E-state index contributed by atoms with van der Waals surface area (Å²) < 4.78 is 9.97. The normalized spacial score (nSPS) is 11.5. The van der Waals surface area contributed by atoms with Crippen molar-refractivity contribution in [3.63, 3.8) is 0 Å². The molecule has 108 valence electrons. The van der Waals surface area contributed by atoms with Gasteiger partial charge in [-0.2, -0.15) is 0 Å². The maximum absolute atomic E-state index is 12.1. The first-order valence-electron chi connectivity index (χ1n) is 6.47. The number of ketones is 1. The molecule has 0 aliphatic carbocycles. The summed E-state index contributed by atoms with van der Waals surface area (Å²) in [5.74, 6) is -0.776. The molecule has 0 heterocycles. The Kier molecular flexibility index (Phi) is 6.50. The maximum atomic E-state index is 12.1. The highest BCUT2D eigenvalue weighted by molar-refractivity contribution is 5.99. The molecule has 0 fully saturated rings. The third-order valence-electron chi connectivity index (χ3n) is 3.09. The number of ether oxygens (including phenoxy) is 2. The molecule has 1 unspecified atom stereocenters. The van der Waals surface area contributed by atoms with E-state index >= 15 is 0 Å². The quantitative estimate of drug-likeness (QED) is 0.416. The molecule has 20 heavy (non-hydrogen) atoms. The fourth-order valence-corrected chi connectivity index (χ4v) is 1.98. The molecule has 1 rings (SSSR count). The zero-order valence-corrected chi connectivity index (χ0v) is 11.9. The summed E-state index contributed by atoms with van der Waals surface area (Å²) in [5.41, 5.74) is 0.817. The number of hydrogen-bond donors (Lipinski definition) is 0.